The minimum atomic E-state index is -0.0667. The fourth-order valence-electron chi connectivity index (χ4n) is 2.42. The predicted octanol–water partition coefficient (Wildman–Crippen LogP) is 3.53. The molecule has 0 aliphatic heterocycles. The van der Waals surface area contributed by atoms with Gasteiger partial charge in [0.05, 0.1) is 13.7 Å². The maximum atomic E-state index is 10.1. The highest BCUT2D eigenvalue weighted by atomic mass is 16.5. The molecule has 1 aromatic heterocycles. The lowest BCUT2D eigenvalue weighted by molar-refractivity contribution is 0.343. The van der Waals surface area contributed by atoms with Crippen LogP contribution >= 0.6 is 0 Å². The van der Waals surface area contributed by atoms with E-state index in [4.69, 9.17) is 14.3 Å². The molecule has 0 saturated heterocycles. The zero-order chi connectivity index (χ0) is 16.4. The van der Waals surface area contributed by atoms with Crippen molar-refractivity contribution in [3.05, 3.63) is 48.0 Å². The average Bonchev–Trinajstić information content (AvgIpc) is 2.98. The largest absolute Gasteiger partial charge is 0.504 e. The number of aromatic hydroxyl groups is 2. The van der Waals surface area contributed by atoms with Crippen molar-refractivity contribution in [2.45, 2.75) is 0 Å². The van der Waals surface area contributed by atoms with Gasteiger partial charge in [-0.1, -0.05) is 12.2 Å². The molecule has 0 saturated carbocycles. The fraction of sp³-hybridized carbons (Fsp3) is 0.111. The zero-order valence-corrected chi connectivity index (χ0v) is 12.5. The first kappa shape index (κ1) is 15.0. The lowest BCUT2D eigenvalue weighted by Crippen LogP contribution is -1.84. The van der Waals surface area contributed by atoms with Crippen LogP contribution in [0.15, 0.2) is 46.9 Å². The highest BCUT2D eigenvalue weighted by molar-refractivity contribution is 5.89. The zero-order valence-electron chi connectivity index (χ0n) is 12.5. The molecule has 3 N–H and O–H groups in total. The highest BCUT2D eigenvalue weighted by Gasteiger charge is 2.12. The molecule has 3 rings (SSSR count). The number of benzene rings is 2. The number of aliphatic hydroxyl groups is 1. The standard InChI is InChI=1S/C18H16O5/c1-22-17-9-12(4-5-14(17)20)16-10-13-7-11(3-2-6-19)8-15(21)18(13)23-16/h2-5,7-10,19-21H,6H2,1H3/b3-2+. The predicted molar refractivity (Wildman–Crippen MR) is 87.7 cm³/mol. The van der Waals surface area contributed by atoms with Gasteiger partial charge in [0.1, 0.15) is 5.76 Å². The van der Waals surface area contributed by atoms with E-state index < -0.39 is 0 Å². The number of methoxy groups -OCH3 is 1. The summed E-state index contributed by atoms with van der Waals surface area (Å²) in [5.41, 5.74) is 1.87. The minimum absolute atomic E-state index is 0.0251. The van der Waals surface area contributed by atoms with Crippen molar-refractivity contribution in [3.63, 3.8) is 0 Å². The molecule has 0 amide bonds. The fourth-order valence-corrected chi connectivity index (χ4v) is 2.42. The first-order valence-corrected chi connectivity index (χ1v) is 7.03. The van der Waals surface area contributed by atoms with E-state index in [-0.39, 0.29) is 18.1 Å². The SMILES string of the molecule is COc1cc(-c2cc3cc(/C=C/CO)cc(O)c3o2)ccc1O. The van der Waals surface area contributed by atoms with E-state index in [1.807, 2.05) is 6.07 Å². The van der Waals surface area contributed by atoms with E-state index in [0.29, 0.717) is 17.1 Å². The monoisotopic (exact) mass is 312 g/mol. The smallest absolute Gasteiger partial charge is 0.176 e. The van der Waals surface area contributed by atoms with Gasteiger partial charge in [-0.05, 0) is 42.0 Å². The molecule has 5 heteroatoms. The van der Waals surface area contributed by atoms with Gasteiger partial charge in [0.25, 0.3) is 0 Å². The third-order valence-electron chi connectivity index (χ3n) is 3.50. The maximum absolute atomic E-state index is 10.1. The molecule has 0 unspecified atom stereocenters. The molecule has 0 aliphatic carbocycles. The number of phenols is 2. The van der Waals surface area contributed by atoms with Gasteiger partial charge in [0.2, 0.25) is 0 Å². The molecule has 5 nitrogen and oxygen atoms in total. The van der Waals surface area contributed by atoms with Gasteiger partial charge in [-0.25, -0.2) is 0 Å². The molecule has 23 heavy (non-hydrogen) atoms. The summed E-state index contributed by atoms with van der Waals surface area (Å²) in [5, 5.41) is 29.3. The molecule has 118 valence electrons. The van der Waals surface area contributed by atoms with Crippen LogP contribution in [0, 0.1) is 0 Å². The van der Waals surface area contributed by atoms with Crippen molar-refractivity contribution in [2.24, 2.45) is 0 Å². The Morgan fingerprint density at radius 3 is 2.65 bits per heavy atom. The third-order valence-corrected chi connectivity index (χ3v) is 3.50. The molecular weight excluding hydrogens is 296 g/mol. The van der Waals surface area contributed by atoms with Crippen LogP contribution in [0.1, 0.15) is 5.56 Å². The molecule has 2 aromatic carbocycles. The van der Waals surface area contributed by atoms with Crippen LogP contribution in [-0.4, -0.2) is 29.0 Å². The van der Waals surface area contributed by atoms with Crippen LogP contribution in [0.25, 0.3) is 28.4 Å². The van der Waals surface area contributed by atoms with Gasteiger partial charge in [0, 0.05) is 10.9 Å². The van der Waals surface area contributed by atoms with Crippen molar-refractivity contribution in [3.8, 4) is 28.6 Å². The van der Waals surface area contributed by atoms with Crippen molar-refractivity contribution >= 4 is 17.0 Å². The van der Waals surface area contributed by atoms with E-state index in [1.165, 1.54) is 13.2 Å². The number of rotatable bonds is 4. The van der Waals surface area contributed by atoms with Crippen molar-refractivity contribution in [1.82, 2.24) is 0 Å². The summed E-state index contributed by atoms with van der Waals surface area (Å²) in [4.78, 5) is 0. The molecular formula is C18H16O5. The highest BCUT2D eigenvalue weighted by Crippen LogP contribution is 2.37. The summed E-state index contributed by atoms with van der Waals surface area (Å²) < 4.78 is 10.8. The van der Waals surface area contributed by atoms with Gasteiger partial charge in [0.15, 0.2) is 22.8 Å². The van der Waals surface area contributed by atoms with Crippen molar-refractivity contribution in [2.75, 3.05) is 13.7 Å². The molecule has 1 heterocycles. The molecule has 3 aromatic rings. The summed E-state index contributed by atoms with van der Waals surface area (Å²) in [6.45, 7) is -0.0667. The Balaban J connectivity index is 2.09. The summed E-state index contributed by atoms with van der Waals surface area (Å²) in [6, 6.07) is 10.1. The van der Waals surface area contributed by atoms with E-state index in [1.54, 1.807) is 36.4 Å². The van der Waals surface area contributed by atoms with Crippen LogP contribution in [0.4, 0.5) is 0 Å². The second-order valence-electron chi connectivity index (χ2n) is 5.04. The van der Waals surface area contributed by atoms with Crippen LogP contribution in [0.3, 0.4) is 0 Å². The number of furan rings is 1. The molecule has 0 aliphatic rings. The molecule has 0 fully saturated rings. The average molecular weight is 312 g/mol. The van der Waals surface area contributed by atoms with Crippen molar-refractivity contribution in [1.29, 1.82) is 0 Å². The number of hydrogen-bond donors (Lipinski definition) is 3. The Morgan fingerprint density at radius 2 is 1.91 bits per heavy atom. The number of hydrogen-bond acceptors (Lipinski definition) is 5. The lowest BCUT2D eigenvalue weighted by atomic mass is 10.1. The topological polar surface area (TPSA) is 83.1 Å². The Morgan fingerprint density at radius 1 is 1.09 bits per heavy atom. The van der Waals surface area contributed by atoms with Crippen LogP contribution in [-0.2, 0) is 0 Å². The van der Waals surface area contributed by atoms with E-state index in [9.17, 15) is 10.2 Å². The third kappa shape index (κ3) is 2.86. The van der Waals surface area contributed by atoms with E-state index >= 15 is 0 Å². The second-order valence-corrected chi connectivity index (χ2v) is 5.04. The quantitative estimate of drug-likeness (QED) is 0.686. The normalized spacial score (nSPS) is 11.4. The Hall–Kier alpha value is -2.92. The van der Waals surface area contributed by atoms with E-state index in [0.717, 1.165) is 16.5 Å². The summed E-state index contributed by atoms with van der Waals surface area (Å²) in [5.74, 6) is 0.972. The van der Waals surface area contributed by atoms with Gasteiger partial charge in [-0.15, -0.1) is 0 Å². The second kappa shape index (κ2) is 6.06. The molecule has 0 spiro atoms. The van der Waals surface area contributed by atoms with E-state index in [2.05, 4.69) is 0 Å². The van der Waals surface area contributed by atoms with Crippen LogP contribution in [0.2, 0.25) is 0 Å². The number of ether oxygens (including phenoxy) is 1. The summed E-state index contributed by atoms with van der Waals surface area (Å²) in [6.07, 6.45) is 3.31. The van der Waals surface area contributed by atoms with Crippen LogP contribution < -0.4 is 4.74 Å². The van der Waals surface area contributed by atoms with Gasteiger partial charge in [-0.3, -0.25) is 0 Å². The first-order chi connectivity index (χ1) is 11.1. The Bertz CT molecular complexity index is 876. The molecule has 0 atom stereocenters. The number of fused-ring (bicyclic) bond motifs is 1. The number of aliphatic hydroxyl groups excluding tert-OH is 1. The van der Waals surface area contributed by atoms with Crippen molar-refractivity contribution < 1.29 is 24.5 Å². The van der Waals surface area contributed by atoms with Gasteiger partial charge in [-0.2, -0.15) is 0 Å². The Kier molecular flexibility index (Phi) is 3.95. The molecule has 0 radical (unpaired) electrons. The van der Waals surface area contributed by atoms with Crippen LogP contribution in [0.5, 0.6) is 17.2 Å². The minimum Gasteiger partial charge on any atom is -0.504 e. The Labute approximate surface area is 132 Å². The number of phenolic OH excluding ortho intramolecular Hbond substituents is 2. The lowest BCUT2D eigenvalue weighted by Gasteiger charge is -2.04. The first-order valence-electron chi connectivity index (χ1n) is 7.03. The van der Waals surface area contributed by atoms with Gasteiger partial charge < -0.3 is 24.5 Å². The van der Waals surface area contributed by atoms with Gasteiger partial charge >= 0.3 is 0 Å². The maximum Gasteiger partial charge on any atom is 0.176 e. The summed E-state index contributed by atoms with van der Waals surface area (Å²) in [7, 11) is 1.48. The summed E-state index contributed by atoms with van der Waals surface area (Å²) >= 11 is 0. The molecule has 0 bridgehead atoms.